The Balaban J connectivity index is 3.04. The van der Waals surface area contributed by atoms with Gasteiger partial charge >= 0.3 is 0 Å². The minimum Gasteiger partial charge on any atom is -0.379 e. The molecule has 102 valence electrons. The highest BCUT2D eigenvalue weighted by molar-refractivity contribution is 5.25. The Hall–Kier alpha value is -0.860. The molecular weight excluding hydrogens is 222 g/mol. The molecule has 0 aliphatic carbocycles. The Morgan fingerprint density at radius 2 is 1.72 bits per heavy atom. The van der Waals surface area contributed by atoms with Crippen LogP contribution in [0.5, 0.6) is 0 Å². The summed E-state index contributed by atoms with van der Waals surface area (Å²) in [5.41, 5.74) is 2.69. The number of hydrogen-bond acceptors (Lipinski definition) is 2. The molecule has 0 saturated carbocycles. The normalized spacial score (nSPS) is 15.4. The van der Waals surface area contributed by atoms with E-state index in [1.807, 2.05) is 0 Å². The lowest BCUT2D eigenvalue weighted by Gasteiger charge is -2.36. The van der Waals surface area contributed by atoms with Gasteiger partial charge in [-0.15, -0.1) is 0 Å². The van der Waals surface area contributed by atoms with Gasteiger partial charge in [-0.25, -0.2) is 0 Å². The smallest absolute Gasteiger partial charge is 0.0814 e. The minimum absolute atomic E-state index is 0.104. The van der Waals surface area contributed by atoms with Crippen molar-refractivity contribution in [2.75, 3.05) is 13.7 Å². The third kappa shape index (κ3) is 3.82. The average molecular weight is 249 g/mol. The van der Waals surface area contributed by atoms with Gasteiger partial charge in [0, 0.05) is 7.11 Å². The van der Waals surface area contributed by atoms with Gasteiger partial charge in [0.2, 0.25) is 0 Å². The lowest BCUT2D eigenvalue weighted by atomic mass is 9.82. The molecule has 0 spiro atoms. The van der Waals surface area contributed by atoms with Crippen molar-refractivity contribution >= 4 is 0 Å². The highest BCUT2D eigenvalue weighted by Gasteiger charge is 2.32. The van der Waals surface area contributed by atoms with Crippen LogP contribution in [0.1, 0.15) is 44.9 Å². The van der Waals surface area contributed by atoms with Gasteiger partial charge in [-0.2, -0.15) is 0 Å². The Kier molecular flexibility index (Phi) is 5.36. The predicted molar refractivity (Wildman–Crippen MR) is 77.8 cm³/mol. The van der Waals surface area contributed by atoms with Gasteiger partial charge in [-0.1, -0.05) is 57.5 Å². The van der Waals surface area contributed by atoms with Crippen molar-refractivity contribution in [3.63, 3.8) is 0 Å². The van der Waals surface area contributed by atoms with E-state index in [1.54, 1.807) is 7.11 Å². The number of benzene rings is 1. The largest absolute Gasteiger partial charge is 0.379 e. The second kappa shape index (κ2) is 6.35. The van der Waals surface area contributed by atoms with Crippen LogP contribution >= 0.6 is 0 Å². The number of hydrogen-bond donors (Lipinski definition) is 1. The van der Waals surface area contributed by atoms with Crippen LogP contribution in [-0.4, -0.2) is 19.8 Å². The van der Waals surface area contributed by atoms with E-state index in [0.29, 0.717) is 0 Å². The number of methoxy groups -OCH3 is 1. The lowest BCUT2D eigenvalue weighted by molar-refractivity contribution is -0.0116. The van der Waals surface area contributed by atoms with Crippen molar-refractivity contribution < 1.29 is 4.74 Å². The highest BCUT2D eigenvalue weighted by Crippen LogP contribution is 2.32. The van der Waals surface area contributed by atoms with Crippen LogP contribution in [0.15, 0.2) is 24.3 Å². The minimum atomic E-state index is 0.104. The van der Waals surface area contributed by atoms with Crippen LogP contribution in [-0.2, 0) is 4.74 Å². The molecule has 2 nitrogen and oxygen atoms in total. The molecule has 0 radical (unpaired) electrons. The third-order valence-corrected chi connectivity index (χ3v) is 3.27. The monoisotopic (exact) mass is 249 g/mol. The predicted octanol–water partition coefficient (Wildman–Crippen LogP) is 3.71. The summed E-state index contributed by atoms with van der Waals surface area (Å²) in [6, 6.07) is 8.95. The molecule has 1 N–H and O–H groups in total. The van der Waals surface area contributed by atoms with E-state index in [2.05, 4.69) is 64.2 Å². The summed E-state index contributed by atoms with van der Waals surface area (Å²) in [7, 11) is 1.80. The van der Waals surface area contributed by atoms with E-state index in [0.717, 1.165) is 6.54 Å². The van der Waals surface area contributed by atoms with Crippen molar-refractivity contribution in [2.24, 2.45) is 5.41 Å². The molecule has 0 aliphatic rings. The summed E-state index contributed by atoms with van der Waals surface area (Å²) in [4.78, 5) is 0. The summed E-state index contributed by atoms with van der Waals surface area (Å²) in [6.07, 6.45) is 0.153. The molecular formula is C16H27NO. The van der Waals surface area contributed by atoms with Gasteiger partial charge in [0.05, 0.1) is 12.1 Å². The first-order chi connectivity index (χ1) is 8.40. The van der Waals surface area contributed by atoms with E-state index in [9.17, 15) is 0 Å². The van der Waals surface area contributed by atoms with E-state index >= 15 is 0 Å². The van der Waals surface area contributed by atoms with Crippen molar-refractivity contribution in [3.8, 4) is 0 Å². The summed E-state index contributed by atoms with van der Waals surface area (Å²) in [5.74, 6) is 0. The third-order valence-electron chi connectivity index (χ3n) is 3.27. The molecule has 2 heteroatoms. The van der Waals surface area contributed by atoms with Crippen molar-refractivity contribution in [3.05, 3.63) is 35.4 Å². The molecule has 18 heavy (non-hydrogen) atoms. The molecule has 0 bridgehead atoms. The first-order valence-electron chi connectivity index (χ1n) is 6.73. The first kappa shape index (κ1) is 15.2. The van der Waals surface area contributed by atoms with Crippen molar-refractivity contribution in [1.82, 2.24) is 5.32 Å². The van der Waals surface area contributed by atoms with Crippen molar-refractivity contribution in [2.45, 2.75) is 46.8 Å². The fourth-order valence-corrected chi connectivity index (χ4v) is 2.38. The summed E-state index contributed by atoms with van der Waals surface area (Å²) >= 11 is 0. The fourth-order valence-electron chi connectivity index (χ4n) is 2.38. The quantitative estimate of drug-likeness (QED) is 0.859. The maximum absolute atomic E-state index is 5.75. The molecule has 1 aromatic carbocycles. The summed E-state index contributed by atoms with van der Waals surface area (Å²) < 4.78 is 5.75. The van der Waals surface area contributed by atoms with Gasteiger partial charge < -0.3 is 10.1 Å². The maximum atomic E-state index is 5.75. The number of likely N-dealkylation sites (N-methyl/N-ethyl adjacent to an activating group) is 1. The molecule has 0 amide bonds. The summed E-state index contributed by atoms with van der Waals surface area (Å²) in [6.45, 7) is 11.9. The Labute approximate surface area is 112 Å². The number of ether oxygens (including phenoxy) is 1. The van der Waals surface area contributed by atoms with E-state index in [-0.39, 0.29) is 17.6 Å². The molecule has 0 aromatic heterocycles. The molecule has 0 aliphatic heterocycles. The Morgan fingerprint density at radius 3 is 2.11 bits per heavy atom. The maximum Gasteiger partial charge on any atom is 0.0814 e. The molecule has 1 aromatic rings. The fraction of sp³-hybridized carbons (Fsp3) is 0.625. The SMILES string of the molecule is CCNC(c1ccc(C)cc1)C(OC)C(C)(C)C. The molecule has 0 fully saturated rings. The van der Waals surface area contributed by atoms with E-state index in [1.165, 1.54) is 11.1 Å². The first-order valence-corrected chi connectivity index (χ1v) is 6.73. The molecule has 0 heterocycles. The van der Waals surface area contributed by atoms with Gasteiger partial charge in [-0.3, -0.25) is 0 Å². The van der Waals surface area contributed by atoms with E-state index in [4.69, 9.17) is 4.74 Å². The highest BCUT2D eigenvalue weighted by atomic mass is 16.5. The van der Waals surface area contributed by atoms with Crippen LogP contribution in [0.4, 0.5) is 0 Å². The number of rotatable bonds is 5. The Morgan fingerprint density at radius 1 is 1.17 bits per heavy atom. The molecule has 2 atom stereocenters. The van der Waals surface area contributed by atoms with Gasteiger partial charge in [-0.05, 0) is 24.4 Å². The van der Waals surface area contributed by atoms with Crippen LogP contribution in [0, 0.1) is 12.3 Å². The van der Waals surface area contributed by atoms with Gasteiger partial charge in [0.1, 0.15) is 0 Å². The van der Waals surface area contributed by atoms with Gasteiger partial charge in [0.15, 0.2) is 0 Å². The number of nitrogens with one attached hydrogen (secondary N) is 1. The summed E-state index contributed by atoms with van der Waals surface area (Å²) in [5, 5.41) is 3.55. The lowest BCUT2D eigenvalue weighted by Crippen LogP contribution is -2.41. The topological polar surface area (TPSA) is 21.3 Å². The molecule has 0 saturated heterocycles. The zero-order chi connectivity index (χ0) is 13.8. The van der Waals surface area contributed by atoms with Gasteiger partial charge in [0.25, 0.3) is 0 Å². The molecule has 1 rings (SSSR count). The van der Waals surface area contributed by atoms with Crippen molar-refractivity contribution in [1.29, 1.82) is 0 Å². The van der Waals surface area contributed by atoms with Crippen LogP contribution in [0.2, 0.25) is 0 Å². The standard InChI is InChI=1S/C16H27NO/c1-7-17-14(15(18-6)16(3,4)5)13-10-8-12(2)9-11-13/h8-11,14-15,17H,7H2,1-6H3. The second-order valence-electron chi connectivity index (χ2n) is 5.97. The molecule has 2 unspecified atom stereocenters. The van der Waals surface area contributed by atoms with Crippen LogP contribution < -0.4 is 5.32 Å². The average Bonchev–Trinajstić information content (AvgIpc) is 2.28. The van der Waals surface area contributed by atoms with E-state index < -0.39 is 0 Å². The number of aryl methyl sites for hydroxylation is 1. The Bertz CT molecular complexity index is 350. The zero-order valence-corrected chi connectivity index (χ0v) is 12.6. The second-order valence-corrected chi connectivity index (χ2v) is 5.97. The van der Waals surface area contributed by atoms with Crippen LogP contribution in [0.25, 0.3) is 0 Å². The van der Waals surface area contributed by atoms with Crippen LogP contribution in [0.3, 0.4) is 0 Å². The zero-order valence-electron chi connectivity index (χ0n) is 12.6.